The number of halogens is 2. The van der Waals surface area contributed by atoms with Crippen LogP contribution in [-0.2, 0) is 6.54 Å². The van der Waals surface area contributed by atoms with Gasteiger partial charge in [-0.1, -0.05) is 34.1 Å². The maximum absolute atomic E-state index is 5.51. The maximum Gasteiger partial charge on any atom is 0.203 e. The monoisotopic (exact) mass is 415 g/mol. The summed E-state index contributed by atoms with van der Waals surface area (Å²) in [6, 6.07) is 12.4. The molecule has 0 aliphatic rings. The Labute approximate surface area is 158 Å². The minimum atomic E-state index is 0. The highest BCUT2D eigenvalue weighted by Crippen LogP contribution is 2.39. The van der Waals surface area contributed by atoms with Gasteiger partial charge in [0, 0.05) is 22.6 Å². The summed E-state index contributed by atoms with van der Waals surface area (Å²) < 4.78 is 17.3. The summed E-state index contributed by atoms with van der Waals surface area (Å²) in [5.74, 6) is 1.97. The van der Waals surface area contributed by atoms with Gasteiger partial charge in [0.15, 0.2) is 11.5 Å². The molecule has 0 spiro atoms. The Balaban J connectivity index is 0.00000288. The molecule has 0 aromatic heterocycles. The first kappa shape index (κ1) is 20.6. The number of benzene rings is 2. The first-order valence-electron chi connectivity index (χ1n) is 7.37. The molecule has 0 aliphatic carbocycles. The van der Waals surface area contributed by atoms with E-state index in [4.69, 9.17) is 14.2 Å². The number of nitrogens with one attached hydrogen (secondary N) is 1. The molecule has 0 bridgehead atoms. The Kier molecular flexibility index (Phi) is 8.39. The smallest absolute Gasteiger partial charge is 0.203 e. The lowest BCUT2D eigenvalue weighted by Gasteiger charge is -2.18. The molecule has 1 unspecified atom stereocenters. The van der Waals surface area contributed by atoms with E-state index in [0.717, 1.165) is 10.0 Å². The molecule has 1 N–H and O–H groups in total. The lowest BCUT2D eigenvalue weighted by molar-refractivity contribution is 0.321. The fraction of sp³-hybridized carbons (Fsp3) is 0.333. The van der Waals surface area contributed by atoms with E-state index in [1.165, 1.54) is 5.56 Å². The van der Waals surface area contributed by atoms with E-state index >= 15 is 0 Å². The molecule has 24 heavy (non-hydrogen) atoms. The van der Waals surface area contributed by atoms with Crippen molar-refractivity contribution in [2.45, 2.75) is 19.5 Å². The molecule has 0 heterocycles. The van der Waals surface area contributed by atoms with Crippen LogP contribution in [0, 0.1) is 0 Å². The Hall–Kier alpha value is -1.43. The van der Waals surface area contributed by atoms with E-state index in [1.54, 1.807) is 21.3 Å². The summed E-state index contributed by atoms with van der Waals surface area (Å²) in [7, 11) is 4.87. The second-order valence-electron chi connectivity index (χ2n) is 5.15. The van der Waals surface area contributed by atoms with Crippen molar-refractivity contribution in [3.8, 4) is 17.2 Å². The van der Waals surface area contributed by atoms with Crippen LogP contribution in [-0.4, -0.2) is 21.3 Å². The van der Waals surface area contributed by atoms with Crippen molar-refractivity contribution < 1.29 is 14.2 Å². The van der Waals surface area contributed by atoms with Gasteiger partial charge in [-0.05, 0) is 30.7 Å². The molecule has 0 aliphatic heterocycles. The molecular formula is C18H23BrClNO3. The fourth-order valence-electron chi connectivity index (χ4n) is 2.46. The lowest BCUT2D eigenvalue weighted by Crippen LogP contribution is -2.18. The summed E-state index contributed by atoms with van der Waals surface area (Å²) in [5, 5.41) is 3.51. The molecule has 0 amide bonds. The predicted molar refractivity (Wildman–Crippen MR) is 103 cm³/mol. The van der Waals surface area contributed by atoms with Crippen LogP contribution in [0.4, 0.5) is 0 Å². The van der Waals surface area contributed by atoms with Crippen molar-refractivity contribution in [3.05, 3.63) is 52.0 Å². The van der Waals surface area contributed by atoms with Gasteiger partial charge >= 0.3 is 0 Å². The first-order valence-corrected chi connectivity index (χ1v) is 8.16. The van der Waals surface area contributed by atoms with Crippen LogP contribution in [0.1, 0.15) is 24.1 Å². The second kappa shape index (κ2) is 9.77. The third kappa shape index (κ3) is 4.79. The maximum atomic E-state index is 5.51. The zero-order valence-corrected chi connectivity index (χ0v) is 16.7. The van der Waals surface area contributed by atoms with Crippen LogP contribution in [0.15, 0.2) is 40.9 Å². The van der Waals surface area contributed by atoms with Crippen molar-refractivity contribution in [1.29, 1.82) is 0 Å². The van der Waals surface area contributed by atoms with Crippen LogP contribution in [0.5, 0.6) is 17.2 Å². The van der Waals surface area contributed by atoms with Crippen LogP contribution in [0.25, 0.3) is 0 Å². The SMILES string of the molecule is COc1ccc(CNC(C)c2cccc(Br)c2)c(OC)c1OC.Cl. The van der Waals surface area contributed by atoms with Crippen LogP contribution < -0.4 is 19.5 Å². The summed E-state index contributed by atoms with van der Waals surface area (Å²) in [6.45, 7) is 2.80. The topological polar surface area (TPSA) is 39.7 Å². The minimum Gasteiger partial charge on any atom is -0.493 e. The highest BCUT2D eigenvalue weighted by atomic mass is 79.9. The zero-order valence-electron chi connectivity index (χ0n) is 14.3. The second-order valence-corrected chi connectivity index (χ2v) is 6.07. The van der Waals surface area contributed by atoms with Crippen molar-refractivity contribution in [2.24, 2.45) is 0 Å². The first-order chi connectivity index (χ1) is 11.1. The summed E-state index contributed by atoms with van der Waals surface area (Å²) in [5.41, 5.74) is 2.24. The molecule has 0 saturated carbocycles. The average Bonchev–Trinajstić information content (AvgIpc) is 2.58. The van der Waals surface area contributed by atoms with Gasteiger partial charge in [-0.3, -0.25) is 0 Å². The van der Waals surface area contributed by atoms with Crippen molar-refractivity contribution in [1.82, 2.24) is 5.32 Å². The molecule has 2 rings (SSSR count). The summed E-state index contributed by atoms with van der Waals surface area (Å²) in [4.78, 5) is 0. The molecule has 2 aromatic carbocycles. The van der Waals surface area contributed by atoms with Crippen LogP contribution >= 0.6 is 28.3 Å². The van der Waals surface area contributed by atoms with Gasteiger partial charge in [0.25, 0.3) is 0 Å². The molecule has 1 atom stereocenters. The van der Waals surface area contributed by atoms with E-state index in [0.29, 0.717) is 23.8 Å². The molecule has 2 aromatic rings. The van der Waals surface area contributed by atoms with Crippen LogP contribution in [0.3, 0.4) is 0 Å². The van der Waals surface area contributed by atoms with Gasteiger partial charge in [-0.15, -0.1) is 12.4 Å². The number of rotatable bonds is 7. The number of hydrogen-bond acceptors (Lipinski definition) is 4. The van der Waals surface area contributed by atoms with Gasteiger partial charge in [0.2, 0.25) is 5.75 Å². The Morgan fingerprint density at radius 1 is 1.00 bits per heavy atom. The van der Waals surface area contributed by atoms with Crippen molar-refractivity contribution in [2.75, 3.05) is 21.3 Å². The summed E-state index contributed by atoms with van der Waals surface area (Å²) >= 11 is 3.51. The van der Waals surface area contributed by atoms with Crippen LogP contribution in [0.2, 0.25) is 0 Å². The van der Waals surface area contributed by atoms with E-state index < -0.39 is 0 Å². The van der Waals surface area contributed by atoms with Gasteiger partial charge in [0.05, 0.1) is 21.3 Å². The van der Waals surface area contributed by atoms with Gasteiger partial charge < -0.3 is 19.5 Å². The van der Waals surface area contributed by atoms with Crippen molar-refractivity contribution in [3.63, 3.8) is 0 Å². The van der Waals surface area contributed by atoms with Gasteiger partial charge in [-0.25, -0.2) is 0 Å². The Morgan fingerprint density at radius 3 is 2.29 bits per heavy atom. The number of hydrogen-bond donors (Lipinski definition) is 1. The summed E-state index contributed by atoms with van der Waals surface area (Å²) in [6.07, 6.45) is 0. The standard InChI is InChI=1S/C18H22BrNO3.ClH/c1-12(13-6-5-7-15(19)10-13)20-11-14-8-9-16(21-2)18(23-4)17(14)22-3;/h5-10,12,20H,11H2,1-4H3;1H. The van der Waals surface area contributed by atoms with E-state index in [1.807, 2.05) is 24.3 Å². The number of methoxy groups -OCH3 is 3. The molecule has 0 fully saturated rings. The molecule has 0 saturated heterocycles. The van der Waals surface area contributed by atoms with E-state index in [2.05, 4.69) is 40.3 Å². The Morgan fingerprint density at radius 2 is 1.71 bits per heavy atom. The lowest BCUT2D eigenvalue weighted by atomic mass is 10.1. The highest BCUT2D eigenvalue weighted by Gasteiger charge is 2.16. The fourth-order valence-corrected chi connectivity index (χ4v) is 2.88. The van der Waals surface area contributed by atoms with Crippen molar-refractivity contribution >= 4 is 28.3 Å². The largest absolute Gasteiger partial charge is 0.493 e. The van der Waals surface area contributed by atoms with Gasteiger partial charge in [-0.2, -0.15) is 0 Å². The zero-order chi connectivity index (χ0) is 16.8. The minimum absolute atomic E-state index is 0. The molecule has 6 heteroatoms. The molecule has 0 radical (unpaired) electrons. The molecule has 4 nitrogen and oxygen atoms in total. The molecular weight excluding hydrogens is 394 g/mol. The average molecular weight is 417 g/mol. The number of ether oxygens (including phenoxy) is 3. The van der Waals surface area contributed by atoms with E-state index in [9.17, 15) is 0 Å². The Bertz CT molecular complexity index is 667. The van der Waals surface area contributed by atoms with E-state index in [-0.39, 0.29) is 18.4 Å². The predicted octanol–water partition coefficient (Wildman–Crippen LogP) is 4.75. The highest BCUT2D eigenvalue weighted by molar-refractivity contribution is 9.10. The third-order valence-electron chi connectivity index (χ3n) is 3.73. The quantitative estimate of drug-likeness (QED) is 0.707. The third-order valence-corrected chi connectivity index (χ3v) is 4.23. The van der Waals surface area contributed by atoms with Gasteiger partial charge in [0.1, 0.15) is 0 Å². The molecule has 132 valence electrons. The normalized spacial score (nSPS) is 11.4.